The van der Waals surface area contributed by atoms with Gasteiger partial charge in [-0.1, -0.05) is 30.3 Å². The molecule has 0 aliphatic heterocycles. The number of amides is 1. The van der Waals surface area contributed by atoms with E-state index in [4.69, 9.17) is 4.42 Å². The van der Waals surface area contributed by atoms with Crippen LogP contribution in [0, 0.1) is 12.7 Å². The lowest BCUT2D eigenvalue weighted by Crippen LogP contribution is -2.11. The Balaban J connectivity index is 2.00. The van der Waals surface area contributed by atoms with Gasteiger partial charge in [0.25, 0.3) is 5.91 Å². The number of fused-ring (bicyclic) bond motifs is 1. The minimum absolute atomic E-state index is 0.114. The minimum atomic E-state index is -0.468. The summed E-state index contributed by atoms with van der Waals surface area (Å²) in [6.45, 7) is 1.74. The molecule has 3 aromatic rings. The molecule has 3 rings (SSSR count). The Kier molecular flexibility index (Phi) is 2.99. The third-order valence-corrected chi connectivity index (χ3v) is 3.15. The van der Waals surface area contributed by atoms with E-state index < -0.39 is 5.82 Å². The van der Waals surface area contributed by atoms with Gasteiger partial charge in [-0.25, -0.2) is 4.39 Å². The fraction of sp³-hybridized carbons (Fsp3) is 0.0625. The number of halogens is 1. The number of aryl methyl sites for hydroxylation is 1. The number of carbonyl (C=O) groups is 1. The predicted molar refractivity (Wildman–Crippen MR) is 75.3 cm³/mol. The molecule has 100 valence electrons. The predicted octanol–water partition coefficient (Wildman–Crippen LogP) is 4.13. The molecule has 0 bridgehead atoms. The van der Waals surface area contributed by atoms with E-state index >= 15 is 0 Å². The van der Waals surface area contributed by atoms with E-state index in [1.807, 2.05) is 18.2 Å². The molecule has 4 heteroatoms. The number of para-hydroxylation sites is 2. The number of nitrogens with one attached hydrogen (secondary N) is 1. The Morgan fingerprint density at radius 1 is 1.10 bits per heavy atom. The van der Waals surface area contributed by atoms with E-state index in [-0.39, 0.29) is 17.3 Å². The van der Waals surface area contributed by atoms with Gasteiger partial charge in [0.1, 0.15) is 0 Å². The third-order valence-electron chi connectivity index (χ3n) is 3.15. The largest absolute Gasteiger partial charge is 0.448 e. The second kappa shape index (κ2) is 4.81. The van der Waals surface area contributed by atoms with Crippen LogP contribution in [-0.2, 0) is 0 Å². The van der Waals surface area contributed by atoms with Gasteiger partial charge in [-0.05, 0) is 25.1 Å². The van der Waals surface area contributed by atoms with Crippen molar-refractivity contribution in [3.8, 4) is 0 Å². The average molecular weight is 269 g/mol. The molecule has 1 amide bonds. The molecule has 20 heavy (non-hydrogen) atoms. The van der Waals surface area contributed by atoms with Crippen molar-refractivity contribution in [1.82, 2.24) is 0 Å². The summed E-state index contributed by atoms with van der Waals surface area (Å²) < 4.78 is 19.0. The maximum absolute atomic E-state index is 13.6. The van der Waals surface area contributed by atoms with E-state index in [1.54, 1.807) is 31.2 Å². The van der Waals surface area contributed by atoms with Crippen molar-refractivity contribution in [1.29, 1.82) is 0 Å². The van der Waals surface area contributed by atoms with E-state index in [1.165, 1.54) is 6.07 Å². The molecule has 1 heterocycles. The van der Waals surface area contributed by atoms with Crippen LogP contribution in [0.25, 0.3) is 11.0 Å². The SMILES string of the molecule is Cc1c(C(=O)Nc2ccccc2)oc2c(F)cccc12. The maximum atomic E-state index is 13.6. The van der Waals surface area contributed by atoms with Crippen LogP contribution in [0.15, 0.2) is 52.9 Å². The van der Waals surface area contributed by atoms with E-state index in [9.17, 15) is 9.18 Å². The summed E-state index contributed by atoms with van der Waals surface area (Å²) in [7, 11) is 0. The average Bonchev–Trinajstić information content (AvgIpc) is 2.79. The first-order valence-electron chi connectivity index (χ1n) is 6.21. The number of hydrogen-bond acceptors (Lipinski definition) is 2. The van der Waals surface area contributed by atoms with Crippen LogP contribution < -0.4 is 5.32 Å². The fourth-order valence-corrected chi connectivity index (χ4v) is 2.13. The van der Waals surface area contributed by atoms with Crippen LogP contribution in [0.4, 0.5) is 10.1 Å². The number of benzene rings is 2. The molecule has 2 aromatic carbocycles. The molecule has 0 saturated heterocycles. The van der Waals surface area contributed by atoms with Crippen molar-refractivity contribution >= 4 is 22.6 Å². The van der Waals surface area contributed by atoms with Gasteiger partial charge in [-0.3, -0.25) is 4.79 Å². The summed E-state index contributed by atoms with van der Waals surface area (Å²) >= 11 is 0. The summed E-state index contributed by atoms with van der Waals surface area (Å²) in [5.74, 6) is -0.720. The topological polar surface area (TPSA) is 42.2 Å². The lowest BCUT2D eigenvalue weighted by molar-refractivity contribution is 0.0997. The van der Waals surface area contributed by atoms with E-state index in [2.05, 4.69) is 5.32 Å². The highest BCUT2D eigenvalue weighted by Gasteiger charge is 2.19. The molecular formula is C16H12FNO2. The molecule has 0 spiro atoms. The molecule has 0 radical (unpaired) electrons. The highest BCUT2D eigenvalue weighted by atomic mass is 19.1. The molecule has 0 unspecified atom stereocenters. The third kappa shape index (κ3) is 2.05. The first kappa shape index (κ1) is 12.4. The smallest absolute Gasteiger partial charge is 0.291 e. The number of carbonyl (C=O) groups excluding carboxylic acids is 1. The zero-order chi connectivity index (χ0) is 14.1. The van der Waals surface area contributed by atoms with Crippen LogP contribution in [-0.4, -0.2) is 5.91 Å². The van der Waals surface area contributed by atoms with Gasteiger partial charge in [0.2, 0.25) is 0 Å². The highest BCUT2D eigenvalue weighted by Crippen LogP contribution is 2.27. The van der Waals surface area contributed by atoms with Gasteiger partial charge in [0, 0.05) is 16.6 Å². The van der Waals surface area contributed by atoms with Gasteiger partial charge >= 0.3 is 0 Å². The summed E-state index contributed by atoms with van der Waals surface area (Å²) in [6, 6.07) is 13.7. The minimum Gasteiger partial charge on any atom is -0.448 e. The fourth-order valence-electron chi connectivity index (χ4n) is 2.13. The van der Waals surface area contributed by atoms with E-state index in [0.717, 1.165) is 0 Å². The van der Waals surface area contributed by atoms with Crippen LogP contribution in [0.1, 0.15) is 16.1 Å². The van der Waals surface area contributed by atoms with Gasteiger partial charge in [-0.15, -0.1) is 0 Å². The van der Waals surface area contributed by atoms with Crippen LogP contribution in [0.3, 0.4) is 0 Å². The Bertz CT molecular complexity index is 778. The molecule has 3 nitrogen and oxygen atoms in total. The van der Waals surface area contributed by atoms with Crippen molar-refractivity contribution in [3.63, 3.8) is 0 Å². The Labute approximate surface area is 115 Å². The van der Waals surface area contributed by atoms with Crippen LogP contribution in [0.5, 0.6) is 0 Å². The zero-order valence-corrected chi connectivity index (χ0v) is 10.8. The number of anilines is 1. The highest BCUT2D eigenvalue weighted by molar-refractivity contribution is 6.06. The number of rotatable bonds is 2. The van der Waals surface area contributed by atoms with Crippen molar-refractivity contribution in [2.45, 2.75) is 6.92 Å². The second-order valence-corrected chi connectivity index (χ2v) is 4.49. The number of hydrogen-bond donors (Lipinski definition) is 1. The summed E-state index contributed by atoms with van der Waals surface area (Å²) in [4.78, 5) is 12.2. The van der Waals surface area contributed by atoms with Crippen molar-refractivity contribution in [2.75, 3.05) is 5.32 Å². The monoisotopic (exact) mass is 269 g/mol. The Morgan fingerprint density at radius 3 is 2.55 bits per heavy atom. The molecule has 1 N–H and O–H groups in total. The molecular weight excluding hydrogens is 257 g/mol. The summed E-state index contributed by atoms with van der Waals surface area (Å²) in [5, 5.41) is 3.34. The molecule has 0 aliphatic rings. The summed E-state index contributed by atoms with van der Waals surface area (Å²) in [5.41, 5.74) is 1.41. The van der Waals surface area contributed by atoms with E-state index in [0.29, 0.717) is 16.6 Å². The van der Waals surface area contributed by atoms with Crippen LogP contribution in [0.2, 0.25) is 0 Å². The first-order valence-corrected chi connectivity index (χ1v) is 6.21. The van der Waals surface area contributed by atoms with Crippen molar-refractivity contribution < 1.29 is 13.6 Å². The Hall–Kier alpha value is -2.62. The molecule has 0 fully saturated rings. The van der Waals surface area contributed by atoms with Gasteiger partial charge in [-0.2, -0.15) is 0 Å². The Morgan fingerprint density at radius 2 is 1.85 bits per heavy atom. The lowest BCUT2D eigenvalue weighted by Gasteiger charge is -2.02. The van der Waals surface area contributed by atoms with Crippen molar-refractivity contribution in [2.24, 2.45) is 0 Å². The quantitative estimate of drug-likeness (QED) is 0.760. The van der Waals surface area contributed by atoms with Crippen LogP contribution >= 0.6 is 0 Å². The maximum Gasteiger partial charge on any atom is 0.291 e. The lowest BCUT2D eigenvalue weighted by atomic mass is 10.1. The normalized spacial score (nSPS) is 10.7. The standard InChI is InChI=1S/C16H12FNO2/c1-10-12-8-5-9-13(17)15(12)20-14(10)16(19)18-11-6-3-2-4-7-11/h2-9H,1H3,(H,18,19). The molecule has 1 aromatic heterocycles. The van der Waals surface area contributed by atoms with Gasteiger partial charge in [0.05, 0.1) is 0 Å². The second-order valence-electron chi connectivity index (χ2n) is 4.49. The zero-order valence-electron chi connectivity index (χ0n) is 10.8. The van der Waals surface area contributed by atoms with Gasteiger partial charge in [0.15, 0.2) is 17.2 Å². The molecule has 0 saturated carbocycles. The van der Waals surface area contributed by atoms with Crippen molar-refractivity contribution in [3.05, 3.63) is 65.7 Å². The first-order chi connectivity index (χ1) is 9.66. The molecule has 0 aliphatic carbocycles. The summed E-state index contributed by atoms with van der Waals surface area (Å²) in [6.07, 6.45) is 0. The molecule has 0 atom stereocenters. The number of furan rings is 1. The van der Waals surface area contributed by atoms with Gasteiger partial charge < -0.3 is 9.73 Å².